The molecule has 1 fully saturated rings. The van der Waals surface area contributed by atoms with Gasteiger partial charge in [-0.05, 0) is 37.2 Å². The van der Waals surface area contributed by atoms with Crippen LogP contribution < -0.4 is 0 Å². The number of thioether (sulfide) groups is 1. The SMILES string of the molecule is N#CC1CCCCSCCC1. The molecule has 1 unspecified atom stereocenters. The van der Waals surface area contributed by atoms with Crippen LogP contribution in [0.1, 0.15) is 32.1 Å². The molecule has 0 aromatic heterocycles. The van der Waals surface area contributed by atoms with Crippen LogP contribution in [0.15, 0.2) is 0 Å². The van der Waals surface area contributed by atoms with Gasteiger partial charge in [-0.2, -0.15) is 17.0 Å². The minimum atomic E-state index is 0.355. The molecule has 0 N–H and O–H groups in total. The highest BCUT2D eigenvalue weighted by Crippen LogP contribution is 2.20. The average molecular weight is 169 g/mol. The number of rotatable bonds is 0. The van der Waals surface area contributed by atoms with Crippen molar-refractivity contribution in [3.8, 4) is 6.07 Å². The zero-order chi connectivity index (χ0) is 7.94. The average Bonchev–Trinajstić information content (AvgIpc) is 2.16. The lowest BCUT2D eigenvalue weighted by Gasteiger charge is -2.04. The summed E-state index contributed by atoms with van der Waals surface area (Å²) < 4.78 is 0. The van der Waals surface area contributed by atoms with E-state index < -0.39 is 0 Å². The Morgan fingerprint density at radius 3 is 2.64 bits per heavy atom. The van der Waals surface area contributed by atoms with Crippen molar-refractivity contribution in [2.75, 3.05) is 11.5 Å². The van der Waals surface area contributed by atoms with Crippen molar-refractivity contribution in [2.24, 2.45) is 5.92 Å². The van der Waals surface area contributed by atoms with E-state index in [1.165, 1.54) is 30.8 Å². The lowest BCUT2D eigenvalue weighted by molar-refractivity contribution is 0.529. The van der Waals surface area contributed by atoms with Crippen LogP contribution in [-0.2, 0) is 0 Å². The number of nitrogens with zero attached hydrogens (tertiary/aromatic N) is 1. The molecular formula is C9H15NS. The van der Waals surface area contributed by atoms with Crippen molar-refractivity contribution < 1.29 is 0 Å². The molecule has 1 aliphatic heterocycles. The van der Waals surface area contributed by atoms with E-state index >= 15 is 0 Å². The van der Waals surface area contributed by atoms with E-state index in [0.29, 0.717) is 5.92 Å². The van der Waals surface area contributed by atoms with Crippen LogP contribution in [0.4, 0.5) is 0 Å². The lowest BCUT2D eigenvalue weighted by atomic mass is 9.99. The Balaban J connectivity index is 2.26. The molecule has 0 aliphatic carbocycles. The topological polar surface area (TPSA) is 23.8 Å². The predicted octanol–water partition coefficient (Wildman–Crippen LogP) is 2.82. The summed E-state index contributed by atoms with van der Waals surface area (Å²) in [4.78, 5) is 0. The second kappa shape index (κ2) is 5.49. The molecule has 0 bridgehead atoms. The Kier molecular flexibility index (Phi) is 4.45. The summed E-state index contributed by atoms with van der Waals surface area (Å²) in [5.74, 6) is 2.92. The van der Waals surface area contributed by atoms with Crippen molar-refractivity contribution in [3.63, 3.8) is 0 Å². The normalized spacial score (nSPS) is 27.7. The van der Waals surface area contributed by atoms with Gasteiger partial charge in [0.2, 0.25) is 0 Å². The molecule has 0 amide bonds. The molecule has 11 heavy (non-hydrogen) atoms. The summed E-state index contributed by atoms with van der Waals surface area (Å²) in [5.41, 5.74) is 0. The van der Waals surface area contributed by atoms with Crippen molar-refractivity contribution in [3.05, 3.63) is 0 Å². The second-order valence-electron chi connectivity index (χ2n) is 3.08. The number of hydrogen-bond donors (Lipinski definition) is 0. The van der Waals surface area contributed by atoms with Crippen LogP contribution in [0, 0.1) is 17.2 Å². The molecule has 62 valence electrons. The minimum Gasteiger partial charge on any atom is -0.198 e. The van der Waals surface area contributed by atoms with Gasteiger partial charge in [-0.1, -0.05) is 6.42 Å². The van der Waals surface area contributed by atoms with Gasteiger partial charge >= 0.3 is 0 Å². The van der Waals surface area contributed by atoms with E-state index in [1.54, 1.807) is 0 Å². The Morgan fingerprint density at radius 1 is 1.09 bits per heavy atom. The van der Waals surface area contributed by atoms with Gasteiger partial charge in [0, 0.05) is 5.92 Å². The maximum Gasteiger partial charge on any atom is 0.0655 e. The standard InChI is InChI=1S/C9H15NS/c10-8-9-4-1-2-6-11-7-3-5-9/h9H,1-7H2. The molecule has 1 heterocycles. The lowest BCUT2D eigenvalue weighted by Crippen LogP contribution is -1.96. The first-order valence-electron chi connectivity index (χ1n) is 4.41. The number of nitriles is 1. The fourth-order valence-corrected chi connectivity index (χ4v) is 2.39. The van der Waals surface area contributed by atoms with E-state index in [9.17, 15) is 0 Å². The Morgan fingerprint density at radius 2 is 1.82 bits per heavy atom. The van der Waals surface area contributed by atoms with Gasteiger partial charge in [-0.15, -0.1) is 0 Å². The van der Waals surface area contributed by atoms with Gasteiger partial charge in [0.25, 0.3) is 0 Å². The van der Waals surface area contributed by atoms with E-state index in [1.807, 2.05) is 11.8 Å². The summed E-state index contributed by atoms with van der Waals surface area (Å²) in [6.07, 6.45) is 6.07. The maximum atomic E-state index is 8.74. The summed E-state index contributed by atoms with van der Waals surface area (Å²) in [5, 5.41) is 8.74. The molecule has 1 aliphatic rings. The van der Waals surface area contributed by atoms with E-state index in [2.05, 4.69) is 6.07 Å². The quantitative estimate of drug-likeness (QED) is 0.556. The second-order valence-corrected chi connectivity index (χ2v) is 4.30. The van der Waals surface area contributed by atoms with E-state index in [4.69, 9.17) is 5.26 Å². The first-order valence-corrected chi connectivity index (χ1v) is 5.56. The maximum absolute atomic E-state index is 8.74. The van der Waals surface area contributed by atoms with Crippen LogP contribution in [-0.4, -0.2) is 11.5 Å². The largest absolute Gasteiger partial charge is 0.198 e. The summed E-state index contributed by atoms with van der Waals surface area (Å²) in [6, 6.07) is 2.39. The van der Waals surface area contributed by atoms with Gasteiger partial charge in [0.05, 0.1) is 6.07 Å². The smallest absolute Gasteiger partial charge is 0.0655 e. The highest BCUT2D eigenvalue weighted by atomic mass is 32.2. The molecule has 0 radical (unpaired) electrons. The Hall–Kier alpha value is -0.160. The van der Waals surface area contributed by atoms with Crippen molar-refractivity contribution in [2.45, 2.75) is 32.1 Å². The molecule has 1 rings (SSSR count). The van der Waals surface area contributed by atoms with Crippen molar-refractivity contribution >= 4 is 11.8 Å². The fourth-order valence-electron chi connectivity index (χ4n) is 1.40. The molecule has 1 nitrogen and oxygen atoms in total. The van der Waals surface area contributed by atoms with E-state index in [0.717, 1.165) is 12.8 Å². The fraction of sp³-hybridized carbons (Fsp3) is 0.889. The molecule has 2 heteroatoms. The van der Waals surface area contributed by atoms with Crippen LogP contribution >= 0.6 is 11.8 Å². The minimum absolute atomic E-state index is 0.355. The van der Waals surface area contributed by atoms with Crippen LogP contribution in [0.2, 0.25) is 0 Å². The van der Waals surface area contributed by atoms with Crippen LogP contribution in [0.3, 0.4) is 0 Å². The zero-order valence-electron chi connectivity index (χ0n) is 6.88. The molecule has 0 aromatic rings. The third kappa shape index (κ3) is 3.67. The predicted molar refractivity (Wildman–Crippen MR) is 49.5 cm³/mol. The van der Waals surface area contributed by atoms with Crippen molar-refractivity contribution in [1.82, 2.24) is 0 Å². The van der Waals surface area contributed by atoms with Gasteiger partial charge in [-0.25, -0.2) is 0 Å². The summed E-state index contributed by atoms with van der Waals surface area (Å²) in [7, 11) is 0. The first-order chi connectivity index (χ1) is 5.43. The molecule has 1 saturated heterocycles. The van der Waals surface area contributed by atoms with E-state index in [-0.39, 0.29) is 0 Å². The van der Waals surface area contributed by atoms with Gasteiger partial charge in [0.1, 0.15) is 0 Å². The van der Waals surface area contributed by atoms with Crippen LogP contribution in [0.25, 0.3) is 0 Å². The molecule has 0 aromatic carbocycles. The first kappa shape index (κ1) is 8.93. The molecule has 0 saturated carbocycles. The Bertz CT molecular complexity index is 129. The molecule has 1 atom stereocenters. The monoisotopic (exact) mass is 169 g/mol. The summed E-state index contributed by atoms with van der Waals surface area (Å²) >= 11 is 2.05. The van der Waals surface area contributed by atoms with Crippen molar-refractivity contribution in [1.29, 1.82) is 5.26 Å². The van der Waals surface area contributed by atoms with Gasteiger partial charge in [0.15, 0.2) is 0 Å². The highest BCUT2D eigenvalue weighted by molar-refractivity contribution is 7.99. The third-order valence-electron chi connectivity index (χ3n) is 2.12. The van der Waals surface area contributed by atoms with Gasteiger partial charge in [-0.3, -0.25) is 0 Å². The van der Waals surface area contributed by atoms with Gasteiger partial charge < -0.3 is 0 Å². The number of hydrogen-bond acceptors (Lipinski definition) is 2. The highest BCUT2D eigenvalue weighted by Gasteiger charge is 2.08. The zero-order valence-corrected chi connectivity index (χ0v) is 7.70. The van der Waals surface area contributed by atoms with Crippen LogP contribution in [0.5, 0.6) is 0 Å². The Labute approximate surface area is 73.2 Å². The molecular weight excluding hydrogens is 154 g/mol. The summed E-state index contributed by atoms with van der Waals surface area (Å²) in [6.45, 7) is 0. The third-order valence-corrected chi connectivity index (χ3v) is 3.27. The molecule has 0 spiro atoms.